The molecule has 24 heavy (non-hydrogen) atoms. The van der Waals surface area contributed by atoms with E-state index >= 15 is 0 Å². The van der Waals surface area contributed by atoms with Crippen LogP contribution in [0.25, 0.3) is 0 Å². The number of hydrogen-bond donors (Lipinski definition) is 4. The third kappa shape index (κ3) is 9.66. The number of guanidine groups is 1. The maximum Gasteiger partial charge on any atom is 0.227 e. The molecule has 6 nitrogen and oxygen atoms in total. The molecule has 0 saturated heterocycles. The molecule has 0 aromatic heterocycles. The number of nitrogens with zero attached hydrogens (tertiary/aromatic N) is 1. The van der Waals surface area contributed by atoms with Crippen molar-refractivity contribution in [2.75, 3.05) is 26.7 Å². The molecule has 0 heterocycles. The minimum atomic E-state index is -0.748. The van der Waals surface area contributed by atoms with Crippen molar-refractivity contribution in [1.29, 1.82) is 0 Å². The van der Waals surface area contributed by atoms with Crippen LogP contribution in [0.2, 0.25) is 0 Å². The highest BCUT2D eigenvalue weighted by atomic mass is 127. The van der Waals surface area contributed by atoms with Crippen LogP contribution < -0.4 is 16.0 Å². The number of aliphatic hydroxyl groups is 1. The van der Waals surface area contributed by atoms with Crippen molar-refractivity contribution in [3.05, 3.63) is 0 Å². The number of rotatable bonds is 10. The second-order valence-electron chi connectivity index (χ2n) is 6.74. The predicted molar refractivity (Wildman–Crippen MR) is 112 cm³/mol. The van der Waals surface area contributed by atoms with Gasteiger partial charge >= 0.3 is 0 Å². The van der Waals surface area contributed by atoms with Crippen molar-refractivity contribution in [3.63, 3.8) is 0 Å². The molecule has 0 fully saturated rings. The molecule has 0 unspecified atom stereocenters. The van der Waals surface area contributed by atoms with Gasteiger partial charge in [-0.1, -0.05) is 26.7 Å². The van der Waals surface area contributed by atoms with E-state index in [2.05, 4.69) is 34.8 Å². The van der Waals surface area contributed by atoms with E-state index in [1.54, 1.807) is 7.05 Å². The predicted octanol–water partition coefficient (Wildman–Crippen LogP) is 2.26. The van der Waals surface area contributed by atoms with E-state index in [1.165, 1.54) is 0 Å². The monoisotopic (exact) mass is 456 g/mol. The Kier molecular flexibility index (Phi) is 13.6. The minimum Gasteiger partial charge on any atom is -0.388 e. The Morgan fingerprint density at radius 3 is 2.04 bits per heavy atom. The summed E-state index contributed by atoms with van der Waals surface area (Å²) in [5, 5.41) is 19.7. The molecule has 7 heteroatoms. The van der Waals surface area contributed by atoms with Crippen LogP contribution in [0, 0.1) is 5.41 Å². The Bertz CT molecular complexity index is 381. The fourth-order valence-electron chi connectivity index (χ4n) is 2.51. The van der Waals surface area contributed by atoms with E-state index in [4.69, 9.17) is 0 Å². The van der Waals surface area contributed by atoms with Gasteiger partial charge in [-0.3, -0.25) is 9.79 Å². The van der Waals surface area contributed by atoms with Gasteiger partial charge in [-0.25, -0.2) is 0 Å². The van der Waals surface area contributed by atoms with E-state index < -0.39 is 11.0 Å². The van der Waals surface area contributed by atoms with Gasteiger partial charge in [0, 0.05) is 20.1 Å². The van der Waals surface area contributed by atoms with Crippen LogP contribution in [0.15, 0.2) is 4.99 Å². The van der Waals surface area contributed by atoms with Crippen LogP contribution >= 0.6 is 24.0 Å². The Morgan fingerprint density at radius 2 is 1.62 bits per heavy atom. The number of carbonyl (C=O) groups is 1. The van der Waals surface area contributed by atoms with Crippen LogP contribution in [0.5, 0.6) is 0 Å². The zero-order valence-electron chi connectivity index (χ0n) is 16.2. The highest BCUT2D eigenvalue weighted by Crippen LogP contribution is 2.20. The molecular weight excluding hydrogens is 419 g/mol. The number of amides is 1. The molecule has 0 bridgehead atoms. The van der Waals surface area contributed by atoms with Gasteiger partial charge < -0.3 is 21.1 Å². The Morgan fingerprint density at radius 1 is 1.08 bits per heavy atom. The first-order valence-electron chi connectivity index (χ1n) is 8.71. The summed E-state index contributed by atoms with van der Waals surface area (Å²) < 4.78 is 0. The lowest BCUT2D eigenvalue weighted by Gasteiger charge is -2.27. The smallest absolute Gasteiger partial charge is 0.227 e. The summed E-state index contributed by atoms with van der Waals surface area (Å²) in [6, 6.07) is 0. The average molecular weight is 456 g/mol. The molecule has 0 aliphatic rings. The third-order valence-electron chi connectivity index (χ3n) is 3.85. The van der Waals surface area contributed by atoms with Crippen molar-refractivity contribution in [3.8, 4) is 0 Å². The second kappa shape index (κ2) is 12.7. The third-order valence-corrected chi connectivity index (χ3v) is 3.85. The second-order valence-corrected chi connectivity index (χ2v) is 6.74. The lowest BCUT2D eigenvalue weighted by molar-refractivity contribution is -0.128. The number of aliphatic imine (C=N–C) groups is 1. The molecule has 0 aliphatic heterocycles. The van der Waals surface area contributed by atoms with Gasteiger partial charge in [0.25, 0.3) is 0 Å². The van der Waals surface area contributed by atoms with E-state index in [-0.39, 0.29) is 29.9 Å². The maximum absolute atomic E-state index is 11.8. The van der Waals surface area contributed by atoms with Crippen LogP contribution in [-0.2, 0) is 4.79 Å². The zero-order chi connectivity index (χ0) is 17.9. The standard InChI is InChI=1S/C17H36N4O2.HI/c1-7-10-17(23,11-8-2)13-21-15(19-9-3)20-12-16(4,5)14(22)18-6;/h23H,7-13H2,1-6H3,(H,18,22)(H2,19,20,21);1H. The molecule has 0 saturated carbocycles. The first kappa shape index (κ1) is 25.7. The number of carbonyl (C=O) groups excluding carboxylic acids is 1. The molecule has 0 atom stereocenters. The summed E-state index contributed by atoms with van der Waals surface area (Å²) in [5.41, 5.74) is -1.28. The first-order chi connectivity index (χ1) is 10.7. The Hall–Kier alpha value is -0.570. The van der Waals surface area contributed by atoms with Crippen LogP contribution in [-0.4, -0.2) is 49.3 Å². The molecule has 0 aromatic carbocycles. The van der Waals surface area contributed by atoms with Crippen LogP contribution in [0.4, 0.5) is 0 Å². The average Bonchev–Trinajstić information content (AvgIpc) is 2.49. The summed E-state index contributed by atoms with van der Waals surface area (Å²) in [5.74, 6) is 0.615. The summed E-state index contributed by atoms with van der Waals surface area (Å²) in [6.45, 7) is 11.5. The summed E-state index contributed by atoms with van der Waals surface area (Å²) in [6.07, 6.45) is 3.35. The molecule has 144 valence electrons. The van der Waals surface area contributed by atoms with E-state index in [0.717, 1.165) is 32.2 Å². The fourth-order valence-corrected chi connectivity index (χ4v) is 2.51. The Labute approximate surface area is 164 Å². The van der Waals surface area contributed by atoms with Gasteiger partial charge in [-0.2, -0.15) is 0 Å². The van der Waals surface area contributed by atoms with Gasteiger partial charge in [-0.15, -0.1) is 24.0 Å². The number of nitrogens with one attached hydrogen (secondary N) is 3. The van der Waals surface area contributed by atoms with Crippen LogP contribution in [0.1, 0.15) is 60.3 Å². The molecule has 0 aliphatic carbocycles. The number of halogens is 1. The molecule has 0 radical (unpaired) electrons. The summed E-state index contributed by atoms with van der Waals surface area (Å²) in [7, 11) is 1.64. The fraction of sp³-hybridized carbons (Fsp3) is 0.882. The minimum absolute atomic E-state index is 0. The van der Waals surface area contributed by atoms with Crippen LogP contribution in [0.3, 0.4) is 0 Å². The van der Waals surface area contributed by atoms with Gasteiger partial charge in [0.1, 0.15) is 0 Å². The van der Waals surface area contributed by atoms with Gasteiger partial charge in [0.2, 0.25) is 5.91 Å². The molecule has 0 rings (SSSR count). The highest BCUT2D eigenvalue weighted by Gasteiger charge is 2.27. The van der Waals surface area contributed by atoms with Crippen molar-refractivity contribution < 1.29 is 9.90 Å². The molecular formula is C17H37IN4O2. The molecule has 1 amide bonds. The first-order valence-corrected chi connectivity index (χ1v) is 8.71. The highest BCUT2D eigenvalue weighted by molar-refractivity contribution is 14.0. The van der Waals surface area contributed by atoms with Gasteiger partial charge in [0.05, 0.1) is 17.6 Å². The topological polar surface area (TPSA) is 85.8 Å². The maximum atomic E-state index is 11.8. The summed E-state index contributed by atoms with van der Waals surface area (Å²) in [4.78, 5) is 16.4. The zero-order valence-corrected chi connectivity index (χ0v) is 18.5. The van der Waals surface area contributed by atoms with Crippen molar-refractivity contribution >= 4 is 35.8 Å². The SMILES string of the molecule is CCCC(O)(CCC)CN=C(NCC)NCC(C)(C)C(=O)NC.I. The van der Waals surface area contributed by atoms with Crippen molar-refractivity contribution in [1.82, 2.24) is 16.0 Å². The number of hydrogen-bond acceptors (Lipinski definition) is 3. The van der Waals surface area contributed by atoms with Gasteiger partial charge in [-0.05, 0) is 33.6 Å². The summed E-state index contributed by atoms with van der Waals surface area (Å²) >= 11 is 0. The van der Waals surface area contributed by atoms with Gasteiger partial charge in [0.15, 0.2) is 5.96 Å². The van der Waals surface area contributed by atoms with Crippen molar-refractivity contribution in [2.24, 2.45) is 10.4 Å². The van der Waals surface area contributed by atoms with E-state index in [0.29, 0.717) is 19.0 Å². The van der Waals surface area contributed by atoms with E-state index in [9.17, 15) is 9.90 Å². The molecule has 0 spiro atoms. The largest absolute Gasteiger partial charge is 0.388 e. The quantitative estimate of drug-likeness (QED) is 0.231. The molecule has 0 aromatic rings. The normalized spacial score (nSPS) is 12.4. The lowest BCUT2D eigenvalue weighted by atomic mass is 9.92. The lowest BCUT2D eigenvalue weighted by Crippen LogP contribution is -2.47. The van der Waals surface area contributed by atoms with E-state index in [1.807, 2.05) is 20.8 Å². The Balaban J connectivity index is 0. The molecule has 4 N–H and O–H groups in total. The van der Waals surface area contributed by atoms with Crippen molar-refractivity contribution in [2.45, 2.75) is 65.9 Å².